The number of sulfonamides is 2. The summed E-state index contributed by atoms with van der Waals surface area (Å²) in [5.41, 5.74) is 1.99. The minimum Gasteiger partial charge on any atom is -0.495 e. The molecule has 0 radical (unpaired) electrons. The van der Waals surface area contributed by atoms with Gasteiger partial charge in [-0.25, -0.2) is 16.8 Å². The Hall–Kier alpha value is -3.65. The van der Waals surface area contributed by atoms with Crippen LogP contribution in [0.2, 0.25) is 0 Å². The van der Waals surface area contributed by atoms with Crippen LogP contribution in [-0.2, 0) is 29.6 Å². The van der Waals surface area contributed by atoms with Crippen molar-refractivity contribution in [3.8, 4) is 11.5 Å². The molecule has 1 heterocycles. The van der Waals surface area contributed by atoms with Gasteiger partial charge in [0.05, 0.1) is 38.0 Å². The SMILES string of the molecule is COc1ccc(C)cc1N(CC(=O)Nc1ccc(OC)c(S(=O)(=O)N2CCOCC2)c1)S(=O)(=O)c1ccc(C)cc1. The van der Waals surface area contributed by atoms with Crippen molar-refractivity contribution in [2.75, 3.05) is 56.7 Å². The molecule has 0 spiro atoms. The smallest absolute Gasteiger partial charge is 0.264 e. The molecule has 3 aromatic rings. The van der Waals surface area contributed by atoms with Crippen molar-refractivity contribution in [3.05, 3.63) is 71.8 Å². The van der Waals surface area contributed by atoms with Crippen LogP contribution in [0.25, 0.3) is 0 Å². The highest BCUT2D eigenvalue weighted by Crippen LogP contribution is 2.34. The van der Waals surface area contributed by atoms with Gasteiger partial charge >= 0.3 is 0 Å². The quantitative estimate of drug-likeness (QED) is 0.374. The number of hydrogen-bond acceptors (Lipinski definition) is 8. The van der Waals surface area contributed by atoms with Crippen molar-refractivity contribution in [2.24, 2.45) is 0 Å². The van der Waals surface area contributed by atoms with E-state index in [1.807, 2.05) is 6.92 Å². The molecule has 1 saturated heterocycles. The predicted molar refractivity (Wildman–Crippen MR) is 155 cm³/mol. The highest BCUT2D eigenvalue weighted by Gasteiger charge is 2.31. The average molecular weight is 604 g/mol. The van der Waals surface area contributed by atoms with Gasteiger partial charge in [0, 0.05) is 18.8 Å². The van der Waals surface area contributed by atoms with Gasteiger partial charge in [-0.3, -0.25) is 9.10 Å². The lowest BCUT2D eigenvalue weighted by molar-refractivity contribution is -0.114. The minimum absolute atomic E-state index is 0.00259. The summed E-state index contributed by atoms with van der Waals surface area (Å²) >= 11 is 0. The summed E-state index contributed by atoms with van der Waals surface area (Å²) in [6.45, 7) is 3.95. The van der Waals surface area contributed by atoms with Crippen molar-refractivity contribution in [1.29, 1.82) is 0 Å². The Bertz CT molecular complexity index is 1620. The molecule has 1 fully saturated rings. The van der Waals surface area contributed by atoms with E-state index in [9.17, 15) is 21.6 Å². The molecule has 13 heteroatoms. The summed E-state index contributed by atoms with van der Waals surface area (Å²) in [6, 6.07) is 15.5. The summed E-state index contributed by atoms with van der Waals surface area (Å²) < 4.78 is 72.7. The van der Waals surface area contributed by atoms with Crippen LogP contribution >= 0.6 is 0 Å². The molecule has 11 nitrogen and oxygen atoms in total. The van der Waals surface area contributed by atoms with E-state index in [0.29, 0.717) is 0 Å². The highest BCUT2D eigenvalue weighted by atomic mass is 32.2. The van der Waals surface area contributed by atoms with Crippen molar-refractivity contribution in [1.82, 2.24) is 4.31 Å². The largest absolute Gasteiger partial charge is 0.495 e. The number of morpholine rings is 1. The number of methoxy groups -OCH3 is 2. The maximum Gasteiger partial charge on any atom is 0.264 e. The molecule has 1 N–H and O–H groups in total. The Morgan fingerprint density at radius 3 is 2.12 bits per heavy atom. The van der Waals surface area contributed by atoms with Crippen molar-refractivity contribution in [2.45, 2.75) is 23.6 Å². The van der Waals surface area contributed by atoms with E-state index in [2.05, 4.69) is 5.32 Å². The Morgan fingerprint density at radius 1 is 0.878 bits per heavy atom. The maximum atomic E-state index is 13.8. The third kappa shape index (κ3) is 6.64. The van der Waals surface area contributed by atoms with Crippen LogP contribution in [0.15, 0.2) is 70.5 Å². The van der Waals surface area contributed by atoms with E-state index >= 15 is 0 Å². The molecule has 0 aliphatic carbocycles. The van der Waals surface area contributed by atoms with E-state index in [1.54, 1.807) is 37.3 Å². The number of anilines is 2. The van der Waals surface area contributed by atoms with E-state index < -0.39 is 32.5 Å². The monoisotopic (exact) mass is 603 g/mol. The number of nitrogens with zero attached hydrogens (tertiary/aromatic N) is 2. The Balaban J connectivity index is 1.69. The van der Waals surface area contributed by atoms with Crippen molar-refractivity contribution in [3.63, 3.8) is 0 Å². The van der Waals surface area contributed by atoms with Gasteiger partial charge in [-0.2, -0.15) is 4.31 Å². The second-order valence-corrected chi connectivity index (χ2v) is 13.2. The van der Waals surface area contributed by atoms with Crippen molar-refractivity contribution >= 4 is 37.3 Å². The molecule has 1 amide bonds. The molecule has 0 saturated carbocycles. The first-order valence-electron chi connectivity index (χ1n) is 12.8. The first-order valence-corrected chi connectivity index (χ1v) is 15.6. The van der Waals surface area contributed by atoms with Gasteiger partial charge in [0.25, 0.3) is 10.0 Å². The first kappa shape index (κ1) is 30.3. The van der Waals surface area contributed by atoms with Gasteiger partial charge in [0.2, 0.25) is 15.9 Å². The Kier molecular flexibility index (Phi) is 9.22. The van der Waals surface area contributed by atoms with Gasteiger partial charge in [-0.1, -0.05) is 23.8 Å². The van der Waals surface area contributed by atoms with E-state index in [4.69, 9.17) is 14.2 Å². The number of amides is 1. The zero-order valence-corrected chi connectivity index (χ0v) is 24.9. The maximum absolute atomic E-state index is 13.8. The number of carbonyl (C=O) groups excluding carboxylic acids is 1. The van der Waals surface area contributed by atoms with Crippen LogP contribution in [0, 0.1) is 13.8 Å². The summed E-state index contributed by atoms with van der Waals surface area (Å²) in [7, 11) is -5.39. The van der Waals surface area contributed by atoms with Crippen molar-refractivity contribution < 1.29 is 35.8 Å². The molecule has 0 atom stereocenters. The molecular weight excluding hydrogens is 570 g/mol. The number of aryl methyl sites for hydroxylation is 2. The summed E-state index contributed by atoms with van der Waals surface area (Å²) in [4.78, 5) is 13.2. The molecule has 41 heavy (non-hydrogen) atoms. The lowest BCUT2D eigenvalue weighted by Gasteiger charge is -2.27. The summed E-state index contributed by atoms with van der Waals surface area (Å²) in [5, 5.41) is 2.64. The zero-order valence-electron chi connectivity index (χ0n) is 23.3. The fourth-order valence-electron chi connectivity index (χ4n) is 4.35. The Morgan fingerprint density at radius 2 is 1.49 bits per heavy atom. The molecule has 220 valence electrons. The van der Waals surface area contributed by atoms with Crippen LogP contribution in [-0.4, -0.2) is 74.1 Å². The number of carbonyl (C=O) groups is 1. The molecule has 3 aromatic carbocycles. The van der Waals surface area contributed by atoms with Gasteiger partial charge in [0.1, 0.15) is 22.9 Å². The number of nitrogens with one attached hydrogen (secondary N) is 1. The molecule has 0 aromatic heterocycles. The second kappa shape index (κ2) is 12.5. The van der Waals surface area contributed by atoms with E-state index in [0.717, 1.165) is 15.4 Å². The lowest BCUT2D eigenvalue weighted by atomic mass is 10.2. The van der Waals surface area contributed by atoms with Crippen LogP contribution < -0.4 is 19.1 Å². The predicted octanol–water partition coefficient (Wildman–Crippen LogP) is 3.18. The van der Waals surface area contributed by atoms with Crippen LogP contribution in [0.1, 0.15) is 11.1 Å². The fraction of sp³-hybridized carbons (Fsp3) is 0.321. The normalized spacial score (nSPS) is 14.3. The van der Waals surface area contributed by atoms with E-state index in [-0.39, 0.29) is 59.0 Å². The van der Waals surface area contributed by atoms with Gasteiger partial charge in [-0.15, -0.1) is 0 Å². The molecule has 4 rings (SSSR count). The van der Waals surface area contributed by atoms with Gasteiger partial charge in [-0.05, 0) is 61.9 Å². The molecule has 0 unspecified atom stereocenters. The standard InChI is InChI=1S/C28H33N3O8S2/c1-20-5-9-23(10-6-20)40(33,34)31(24-17-21(2)7-11-25(24)37-3)19-28(32)29-22-8-12-26(38-4)27(18-22)41(35,36)30-13-15-39-16-14-30/h5-12,17-18H,13-16,19H2,1-4H3,(H,29,32). The van der Waals surface area contributed by atoms with Gasteiger partial charge < -0.3 is 19.5 Å². The molecule has 1 aliphatic heterocycles. The van der Waals surface area contributed by atoms with Gasteiger partial charge in [0.15, 0.2) is 0 Å². The highest BCUT2D eigenvalue weighted by molar-refractivity contribution is 7.93. The average Bonchev–Trinajstić information content (AvgIpc) is 2.96. The third-order valence-corrected chi connectivity index (χ3v) is 10.2. The van der Waals surface area contributed by atoms with E-state index in [1.165, 1.54) is 48.9 Å². The van der Waals surface area contributed by atoms with Crippen LogP contribution in [0.3, 0.4) is 0 Å². The zero-order chi connectivity index (χ0) is 29.8. The fourth-order valence-corrected chi connectivity index (χ4v) is 7.36. The topological polar surface area (TPSA) is 132 Å². The van der Waals surface area contributed by atoms with Crippen LogP contribution in [0.5, 0.6) is 11.5 Å². The van der Waals surface area contributed by atoms with Crippen LogP contribution in [0.4, 0.5) is 11.4 Å². The summed E-state index contributed by atoms with van der Waals surface area (Å²) in [6.07, 6.45) is 0. The second-order valence-electron chi connectivity index (χ2n) is 9.43. The first-order chi connectivity index (χ1) is 19.5. The Labute approximate surface area is 240 Å². The minimum atomic E-state index is -4.21. The molecular formula is C28H33N3O8S2. The molecule has 1 aliphatic rings. The third-order valence-electron chi connectivity index (χ3n) is 6.53. The number of rotatable bonds is 10. The lowest BCUT2D eigenvalue weighted by Crippen LogP contribution is -2.40. The number of hydrogen-bond donors (Lipinski definition) is 1. The number of ether oxygens (including phenoxy) is 3. The summed E-state index contributed by atoms with van der Waals surface area (Å²) in [5.74, 6) is -0.311. The molecule has 0 bridgehead atoms. The number of benzene rings is 3.